The number of ether oxygens (including phenoxy) is 1. The fourth-order valence-electron chi connectivity index (χ4n) is 9.27. The third-order valence-corrected chi connectivity index (χ3v) is 12.5. The van der Waals surface area contributed by atoms with Gasteiger partial charge in [-0.3, -0.25) is 0 Å². The smallest absolute Gasteiger partial charge is 0.503 e. The van der Waals surface area contributed by atoms with Crippen molar-refractivity contribution in [3.05, 3.63) is 165 Å². The minimum Gasteiger partial charge on any atom is -0.503 e. The predicted molar refractivity (Wildman–Crippen MR) is 227 cm³/mol. The Kier molecular flexibility index (Phi) is 8.58. The average Bonchev–Trinajstić information content (AvgIpc) is 3.83. The zero-order valence-electron chi connectivity index (χ0n) is 34.2. The van der Waals surface area contributed by atoms with E-state index in [-0.39, 0.29) is 49.4 Å². The van der Waals surface area contributed by atoms with Gasteiger partial charge in [-0.05, 0) is 50.1 Å². The molecule has 0 aliphatic carbocycles. The maximum Gasteiger partial charge on any atom is 2.00 e. The predicted octanol–water partition coefficient (Wildman–Crippen LogP) is 12.2. The van der Waals surface area contributed by atoms with Crippen molar-refractivity contribution < 1.29 is 25.8 Å². The Morgan fingerprint density at radius 3 is 2.25 bits per heavy atom. The maximum atomic E-state index is 6.97. The van der Waals surface area contributed by atoms with Gasteiger partial charge >= 0.3 is 21.1 Å². The van der Waals surface area contributed by atoms with Crippen molar-refractivity contribution in [1.82, 2.24) is 14.5 Å². The molecular formula is C51H48N4OPt. The second-order valence-electron chi connectivity index (χ2n) is 18.6. The molecule has 10 rings (SSSR count). The molecule has 0 saturated heterocycles. The molecule has 0 amide bonds. The van der Waals surface area contributed by atoms with Gasteiger partial charge in [0.05, 0.1) is 12.1 Å². The first kappa shape index (κ1) is 37.6. The zero-order chi connectivity index (χ0) is 38.9. The number of aromatic nitrogens is 2. The van der Waals surface area contributed by atoms with Crippen LogP contribution >= 0.6 is 0 Å². The maximum absolute atomic E-state index is 6.97. The third kappa shape index (κ3) is 5.83. The molecule has 3 aliphatic rings. The van der Waals surface area contributed by atoms with Gasteiger partial charge in [-0.15, -0.1) is 34.2 Å². The molecule has 3 aliphatic heterocycles. The van der Waals surface area contributed by atoms with Gasteiger partial charge in [0.2, 0.25) is 0 Å². The van der Waals surface area contributed by atoms with Crippen LogP contribution in [-0.2, 0) is 43.9 Å². The molecule has 0 spiro atoms. The summed E-state index contributed by atoms with van der Waals surface area (Å²) in [6, 6.07) is 43.0. The summed E-state index contributed by atoms with van der Waals surface area (Å²) in [5.41, 5.74) is 12.7. The fourth-order valence-corrected chi connectivity index (χ4v) is 9.27. The molecule has 5 heterocycles. The van der Waals surface area contributed by atoms with E-state index in [0.717, 1.165) is 40.2 Å². The largest absolute Gasteiger partial charge is 2.00 e. The van der Waals surface area contributed by atoms with Crippen molar-refractivity contribution in [2.45, 2.75) is 97.2 Å². The molecule has 0 radical (unpaired) electrons. The minimum absolute atomic E-state index is 0. The summed E-state index contributed by atoms with van der Waals surface area (Å²) in [4.78, 5) is 13.0. The monoisotopic (exact) mass is 927 g/mol. The van der Waals surface area contributed by atoms with Crippen LogP contribution in [0, 0.1) is 19.1 Å². The van der Waals surface area contributed by atoms with Crippen molar-refractivity contribution >= 4 is 27.6 Å². The summed E-state index contributed by atoms with van der Waals surface area (Å²) < 4.78 is 9.29. The van der Waals surface area contributed by atoms with E-state index < -0.39 is 0 Å². The SMILES string of the molecule is Cc1cc2c3cc(C(C)(C)C)cc4c3n(c2[c-]c1Oc1[c-]c(C2=N[C@H](c3ccccc3)[C@@H]3c5ccccc5CN23)cc(C(C)(C)C)c1)-c1ncccc1C4(C)C.[Pt+2]. The molecule has 2 atom stereocenters. The van der Waals surface area contributed by atoms with Crippen LogP contribution < -0.4 is 4.74 Å². The first-order valence-corrected chi connectivity index (χ1v) is 19.9. The Morgan fingerprint density at radius 2 is 1.49 bits per heavy atom. The van der Waals surface area contributed by atoms with Crippen molar-refractivity contribution in [1.29, 1.82) is 0 Å². The van der Waals surface area contributed by atoms with Gasteiger partial charge in [0.1, 0.15) is 5.82 Å². The molecule has 7 aromatic rings. The molecule has 0 N–H and O–H groups in total. The molecule has 0 bridgehead atoms. The molecule has 6 heteroatoms. The van der Waals surface area contributed by atoms with Crippen LogP contribution in [0.15, 0.2) is 108 Å². The summed E-state index contributed by atoms with van der Waals surface area (Å²) in [7, 11) is 0. The molecule has 5 aromatic carbocycles. The summed E-state index contributed by atoms with van der Waals surface area (Å²) in [6.07, 6.45) is 1.90. The Morgan fingerprint density at radius 1 is 0.772 bits per heavy atom. The van der Waals surface area contributed by atoms with Crippen LogP contribution in [0.4, 0.5) is 0 Å². The van der Waals surface area contributed by atoms with Gasteiger partial charge in [-0.2, -0.15) is 6.07 Å². The van der Waals surface area contributed by atoms with Gasteiger partial charge in [-0.1, -0.05) is 153 Å². The first-order valence-electron chi connectivity index (χ1n) is 19.9. The van der Waals surface area contributed by atoms with Gasteiger partial charge in [0, 0.05) is 46.6 Å². The van der Waals surface area contributed by atoms with Gasteiger partial charge < -0.3 is 19.2 Å². The van der Waals surface area contributed by atoms with Crippen LogP contribution in [-0.4, -0.2) is 20.3 Å². The molecule has 0 fully saturated rings. The normalized spacial score (nSPS) is 17.9. The number of pyridine rings is 1. The molecule has 0 unspecified atom stereocenters. The molecule has 5 nitrogen and oxygen atoms in total. The summed E-state index contributed by atoms with van der Waals surface area (Å²) >= 11 is 0. The number of amidine groups is 1. The Labute approximate surface area is 351 Å². The number of rotatable bonds is 4. The summed E-state index contributed by atoms with van der Waals surface area (Å²) in [6.45, 7) is 21.3. The number of nitrogens with zero attached hydrogens (tertiary/aromatic N) is 4. The van der Waals surface area contributed by atoms with Gasteiger partial charge in [0.15, 0.2) is 0 Å². The molecule has 2 aromatic heterocycles. The number of hydrogen-bond donors (Lipinski definition) is 0. The van der Waals surface area contributed by atoms with E-state index in [1.165, 1.54) is 49.8 Å². The number of aliphatic imine (C=N–C) groups is 1. The summed E-state index contributed by atoms with van der Waals surface area (Å²) in [5, 5.41) is 2.39. The van der Waals surface area contributed by atoms with Gasteiger partial charge in [0.25, 0.3) is 0 Å². The second-order valence-corrected chi connectivity index (χ2v) is 18.6. The van der Waals surface area contributed by atoms with E-state index in [0.29, 0.717) is 11.5 Å². The molecule has 0 saturated carbocycles. The van der Waals surface area contributed by atoms with E-state index in [9.17, 15) is 0 Å². The summed E-state index contributed by atoms with van der Waals surface area (Å²) in [5.74, 6) is 3.26. The average molecular weight is 928 g/mol. The molecule has 57 heavy (non-hydrogen) atoms. The van der Waals surface area contributed by atoms with Crippen molar-refractivity contribution in [2.75, 3.05) is 0 Å². The fraction of sp³-hybridized carbons (Fsp3) is 0.294. The van der Waals surface area contributed by atoms with Crippen LogP contribution in [0.2, 0.25) is 0 Å². The van der Waals surface area contributed by atoms with Crippen molar-refractivity contribution in [2.24, 2.45) is 4.99 Å². The van der Waals surface area contributed by atoms with Crippen LogP contribution in [0.25, 0.3) is 27.6 Å². The minimum atomic E-state index is -0.223. The molecule has 288 valence electrons. The number of aryl methyl sites for hydroxylation is 1. The Bertz CT molecular complexity index is 2780. The quantitative estimate of drug-likeness (QED) is 0.165. The van der Waals surface area contributed by atoms with E-state index >= 15 is 0 Å². The Hall–Kier alpha value is -4.99. The molecular weight excluding hydrogens is 880 g/mol. The first-order chi connectivity index (χ1) is 26.7. The number of benzene rings is 5. The van der Waals surface area contributed by atoms with Crippen molar-refractivity contribution in [3.8, 4) is 17.3 Å². The standard InChI is InChI=1S/C51H48N4O.Pt/c1-30-22-38-39-26-35(50(5,6)7)27-41-45(39)55(48-40(51(41,8)9)20-15-21-52-48)42(38)28-43(30)56-36-24-33(23-34(25-36)49(2,3)4)47-53-44(31-16-11-10-12-17-31)46-37-19-14-13-18-32(37)29-54(46)47;/h10-23,25-27,44,46H,29H2,1-9H3;/q-2;+2/t44-,46+;/m1./s1. The van der Waals surface area contributed by atoms with Crippen molar-refractivity contribution in [3.63, 3.8) is 0 Å². The van der Waals surface area contributed by atoms with E-state index in [4.69, 9.17) is 14.7 Å². The Balaban J connectivity index is 0.00000422. The third-order valence-electron chi connectivity index (χ3n) is 12.5. The van der Waals surface area contributed by atoms with E-state index in [2.05, 4.69) is 181 Å². The number of fused-ring (bicyclic) bond motifs is 8. The van der Waals surface area contributed by atoms with E-state index in [1.807, 2.05) is 6.20 Å². The van der Waals surface area contributed by atoms with Crippen LogP contribution in [0.3, 0.4) is 0 Å². The van der Waals surface area contributed by atoms with Crippen LogP contribution in [0.1, 0.15) is 118 Å². The van der Waals surface area contributed by atoms with Crippen LogP contribution in [0.5, 0.6) is 11.5 Å². The van der Waals surface area contributed by atoms with Gasteiger partial charge in [-0.25, -0.2) is 4.98 Å². The van der Waals surface area contributed by atoms with E-state index in [1.54, 1.807) is 0 Å². The number of hydrogen-bond acceptors (Lipinski definition) is 4. The topological polar surface area (TPSA) is 42.6 Å². The zero-order valence-corrected chi connectivity index (χ0v) is 36.5. The second kappa shape index (κ2) is 13.0.